The highest BCUT2D eigenvalue weighted by molar-refractivity contribution is 7.14. The molecule has 0 bridgehead atoms. The Bertz CT molecular complexity index is 1040. The van der Waals surface area contributed by atoms with Crippen LogP contribution >= 0.6 is 11.3 Å². The fourth-order valence-electron chi connectivity index (χ4n) is 2.50. The smallest absolute Gasteiger partial charge is 0.416 e. The van der Waals surface area contributed by atoms with Gasteiger partial charge in [0.15, 0.2) is 16.6 Å². The summed E-state index contributed by atoms with van der Waals surface area (Å²) in [5.41, 5.74) is -0.0130. The number of ether oxygens (including phenoxy) is 2. The van der Waals surface area contributed by atoms with Crippen LogP contribution in [0.2, 0.25) is 0 Å². The van der Waals surface area contributed by atoms with Gasteiger partial charge in [-0.2, -0.15) is 13.2 Å². The molecule has 10 heteroatoms. The van der Waals surface area contributed by atoms with E-state index in [0.717, 1.165) is 12.1 Å². The molecule has 2 heterocycles. The molecule has 0 radical (unpaired) electrons. The van der Waals surface area contributed by atoms with E-state index in [2.05, 4.69) is 15.6 Å². The minimum absolute atomic E-state index is 0.0399. The van der Waals surface area contributed by atoms with E-state index in [4.69, 9.17) is 9.47 Å². The van der Waals surface area contributed by atoms with Crippen LogP contribution in [0.15, 0.2) is 47.8 Å². The van der Waals surface area contributed by atoms with Gasteiger partial charge in [-0.05, 0) is 30.3 Å². The van der Waals surface area contributed by atoms with E-state index < -0.39 is 17.6 Å². The number of aromatic nitrogens is 1. The summed E-state index contributed by atoms with van der Waals surface area (Å²) in [5, 5.41) is 7.43. The first-order valence-electron chi connectivity index (χ1n) is 7.99. The summed E-state index contributed by atoms with van der Waals surface area (Å²) in [4.78, 5) is 16.4. The number of anilines is 3. The molecule has 0 aliphatic carbocycles. The Balaban J connectivity index is 1.45. The number of benzene rings is 2. The van der Waals surface area contributed by atoms with Crippen molar-refractivity contribution in [2.75, 3.05) is 17.4 Å². The van der Waals surface area contributed by atoms with Gasteiger partial charge in [-0.1, -0.05) is 6.07 Å². The third kappa shape index (κ3) is 3.86. The fraction of sp³-hybridized carbons (Fsp3) is 0.111. The first-order valence-corrected chi connectivity index (χ1v) is 8.87. The molecule has 2 N–H and O–H groups in total. The van der Waals surface area contributed by atoms with E-state index >= 15 is 0 Å². The topological polar surface area (TPSA) is 72.5 Å². The number of rotatable bonds is 4. The second kappa shape index (κ2) is 7.04. The summed E-state index contributed by atoms with van der Waals surface area (Å²) < 4.78 is 48.9. The number of halogens is 3. The van der Waals surface area contributed by atoms with E-state index in [-0.39, 0.29) is 18.2 Å². The van der Waals surface area contributed by atoms with Gasteiger partial charge in [0, 0.05) is 22.8 Å². The van der Waals surface area contributed by atoms with Crippen molar-refractivity contribution in [2.24, 2.45) is 0 Å². The van der Waals surface area contributed by atoms with Crippen LogP contribution < -0.4 is 20.1 Å². The zero-order chi connectivity index (χ0) is 19.7. The predicted octanol–water partition coefficient (Wildman–Crippen LogP) is 4.89. The van der Waals surface area contributed by atoms with Crippen LogP contribution in [0.25, 0.3) is 0 Å². The molecule has 0 saturated heterocycles. The summed E-state index contributed by atoms with van der Waals surface area (Å²) in [7, 11) is 0. The largest absolute Gasteiger partial charge is 0.454 e. The van der Waals surface area contributed by atoms with Crippen molar-refractivity contribution in [2.45, 2.75) is 6.18 Å². The Morgan fingerprint density at radius 2 is 1.89 bits per heavy atom. The molecular weight excluding hydrogens is 395 g/mol. The maximum absolute atomic E-state index is 12.8. The van der Waals surface area contributed by atoms with Crippen molar-refractivity contribution in [1.82, 2.24) is 4.98 Å². The molecule has 1 amide bonds. The number of amides is 1. The molecule has 4 rings (SSSR count). The molecule has 6 nitrogen and oxygen atoms in total. The third-order valence-corrected chi connectivity index (χ3v) is 4.57. The number of hydrogen-bond donors (Lipinski definition) is 2. The van der Waals surface area contributed by atoms with Gasteiger partial charge in [-0.3, -0.25) is 4.79 Å². The molecule has 2 aromatic carbocycles. The first-order chi connectivity index (χ1) is 13.4. The maximum Gasteiger partial charge on any atom is 0.416 e. The average molecular weight is 407 g/mol. The number of nitrogens with zero attached hydrogens (tertiary/aromatic N) is 1. The number of hydrogen-bond acceptors (Lipinski definition) is 6. The predicted molar refractivity (Wildman–Crippen MR) is 97.4 cm³/mol. The monoisotopic (exact) mass is 407 g/mol. The Morgan fingerprint density at radius 1 is 1.07 bits per heavy atom. The Morgan fingerprint density at radius 3 is 2.71 bits per heavy atom. The van der Waals surface area contributed by atoms with Crippen LogP contribution in [0.3, 0.4) is 0 Å². The van der Waals surface area contributed by atoms with E-state index in [1.807, 2.05) is 0 Å². The summed E-state index contributed by atoms with van der Waals surface area (Å²) >= 11 is 1.19. The van der Waals surface area contributed by atoms with Crippen molar-refractivity contribution < 1.29 is 27.4 Å². The Labute approximate surface area is 160 Å². The lowest BCUT2D eigenvalue weighted by atomic mass is 10.2. The molecule has 28 heavy (non-hydrogen) atoms. The molecule has 1 aliphatic heterocycles. The van der Waals surface area contributed by atoms with Gasteiger partial charge in [0.2, 0.25) is 6.79 Å². The van der Waals surface area contributed by atoms with Gasteiger partial charge < -0.3 is 20.1 Å². The molecule has 0 atom stereocenters. The van der Waals surface area contributed by atoms with Gasteiger partial charge in [0.05, 0.1) is 5.56 Å². The normalized spacial score (nSPS) is 12.7. The lowest BCUT2D eigenvalue weighted by Gasteiger charge is -2.09. The number of nitrogens with one attached hydrogen (secondary N) is 2. The van der Waals surface area contributed by atoms with Crippen LogP contribution in [0.4, 0.5) is 29.7 Å². The van der Waals surface area contributed by atoms with Crippen LogP contribution in [0.5, 0.6) is 11.5 Å². The third-order valence-electron chi connectivity index (χ3n) is 3.81. The van der Waals surface area contributed by atoms with Crippen LogP contribution in [-0.2, 0) is 6.18 Å². The van der Waals surface area contributed by atoms with Gasteiger partial charge in [-0.25, -0.2) is 4.98 Å². The van der Waals surface area contributed by atoms with E-state index in [1.165, 1.54) is 28.8 Å². The number of carbonyl (C=O) groups excluding carboxylic acids is 1. The maximum atomic E-state index is 12.8. The van der Waals surface area contributed by atoms with Gasteiger partial charge in [0.25, 0.3) is 5.91 Å². The zero-order valence-corrected chi connectivity index (χ0v) is 14.9. The molecule has 1 aliphatic rings. The highest BCUT2D eigenvalue weighted by Gasteiger charge is 2.30. The van der Waals surface area contributed by atoms with E-state index in [1.54, 1.807) is 18.2 Å². The number of fused-ring (bicyclic) bond motifs is 1. The molecule has 0 spiro atoms. The highest BCUT2D eigenvalue weighted by atomic mass is 32.1. The second-order valence-electron chi connectivity index (χ2n) is 5.76. The molecule has 0 fully saturated rings. The van der Waals surface area contributed by atoms with Crippen molar-refractivity contribution in [3.05, 3.63) is 59.1 Å². The Kier molecular flexibility index (Phi) is 4.55. The summed E-state index contributed by atoms with van der Waals surface area (Å²) in [6.07, 6.45) is -4.48. The zero-order valence-electron chi connectivity index (χ0n) is 14.0. The van der Waals surface area contributed by atoms with Gasteiger partial charge >= 0.3 is 6.18 Å². The lowest BCUT2D eigenvalue weighted by molar-refractivity contribution is -0.137. The molecular formula is C18H12F3N3O3S. The molecule has 0 saturated carbocycles. The minimum atomic E-state index is -4.48. The number of thiazole rings is 1. The summed E-state index contributed by atoms with van der Waals surface area (Å²) in [6.45, 7) is 0.163. The SMILES string of the molecule is O=C(Nc1cccc(C(F)(F)F)c1)c1csc(Nc2ccc3c(c2)OCO3)n1. The first kappa shape index (κ1) is 18.1. The summed E-state index contributed by atoms with van der Waals surface area (Å²) in [5.74, 6) is 0.643. The fourth-order valence-corrected chi connectivity index (χ4v) is 3.21. The van der Waals surface area contributed by atoms with Crippen molar-refractivity contribution in [3.8, 4) is 11.5 Å². The highest BCUT2D eigenvalue weighted by Crippen LogP contribution is 2.35. The average Bonchev–Trinajstić information content (AvgIpc) is 3.30. The minimum Gasteiger partial charge on any atom is -0.454 e. The lowest BCUT2D eigenvalue weighted by Crippen LogP contribution is -2.13. The second-order valence-corrected chi connectivity index (χ2v) is 6.62. The van der Waals surface area contributed by atoms with Crippen LogP contribution in [0.1, 0.15) is 16.1 Å². The van der Waals surface area contributed by atoms with Crippen LogP contribution in [-0.4, -0.2) is 17.7 Å². The van der Waals surface area contributed by atoms with Gasteiger partial charge in [0.1, 0.15) is 5.69 Å². The van der Waals surface area contributed by atoms with Crippen molar-refractivity contribution in [1.29, 1.82) is 0 Å². The van der Waals surface area contributed by atoms with Crippen molar-refractivity contribution >= 4 is 33.8 Å². The molecule has 3 aromatic rings. The van der Waals surface area contributed by atoms with Crippen molar-refractivity contribution in [3.63, 3.8) is 0 Å². The standard InChI is InChI=1S/C18H12F3N3O3S/c19-18(20,21)10-2-1-3-11(6-10)22-16(25)13-8-28-17(24-13)23-12-4-5-14-15(7-12)27-9-26-14/h1-8H,9H2,(H,22,25)(H,23,24). The summed E-state index contributed by atoms with van der Waals surface area (Å²) in [6, 6.07) is 9.68. The molecule has 0 unspecified atom stereocenters. The molecule has 1 aromatic heterocycles. The molecule has 144 valence electrons. The number of alkyl halides is 3. The van der Waals surface area contributed by atoms with Crippen LogP contribution in [0, 0.1) is 0 Å². The Hall–Kier alpha value is -3.27. The van der Waals surface area contributed by atoms with E-state index in [9.17, 15) is 18.0 Å². The quantitative estimate of drug-likeness (QED) is 0.645. The number of carbonyl (C=O) groups is 1. The van der Waals surface area contributed by atoms with Gasteiger partial charge in [-0.15, -0.1) is 11.3 Å². The van der Waals surface area contributed by atoms with E-state index in [0.29, 0.717) is 22.3 Å².